The highest BCUT2D eigenvalue weighted by Crippen LogP contribution is 2.33. The second kappa shape index (κ2) is 6.67. The molecule has 0 saturated heterocycles. The number of carbonyl (C=O) groups excluding carboxylic acids is 1. The fourth-order valence-electron chi connectivity index (χ4n) is 2.84. The molecular formula is C14H19ClO4S2. The minimum Gasteiger partial charge on any atom is -0.458 e. The summed E-state index contributed by atoms with van der Waals surface area (Å²) in [7, 11) is 1.54. The summed E-state index contributed by atoms with van der Waals surface area (Å²) in [5.41, 5.74) is 0.684. The number of hydrogen-bond acceptors (Lipinski definition) is 5. The molecule has 0 amide bonds. The van der Waals surface area contributed by atoms with Crippen LogP contribution < -0.4 is 0 Å². The van der Waals surface area contributed by atoms with Gasteiger partial charge in [0.2, 0.25) is 0 Å². The van der Waals surface area contributed by atoms with Crippen molar-refractivity contribution >= 4 is 37.0 Å². The second-order valence-corrected chi connectivity index (χ2v) is 9.04. The number of ether oxygens (including phenoxy) is 1. The van der Waals surface area contributed by atoms with Crippen molar-refractivity contribution in [2.75, 3.05) is 0 Å². The zero-order valence-corrected chi connectivity index (χ0v) is 14.5. The molecule has 2 unspecified atom stereocenters. The van der Waals surface area contributed by atoms with Crippen LogP contribution in [0.2, 0.25) is 0 Å². The molecule has 21 heavy (non-hydrogen) atoms. The fourth-order valence-corrected chi connectivity index (χ4v) is 5.38. The van der Waals surface area contributed by atoms with Crippen molar-refractivity contribution in [2.45, 2.75) is 56.3 Å². The van der Waals surface area contributed by atoms with Gasteiger partial charge in [0.1, 0.15) is 10.3 Å². The standard InChI is InChI=1S/C14H19ClO4S2/c1-3-10-6-4-5-7-12(10)19-13(16)11-8-20-14(9(11)2)21(15,17)18/h8,10,12H,3-7H2,1-2H3. The van der Waals surface area contributed by atoms with Gasteiger partial charge in [-0.15, -0.1) is 11.3 Å². The molecule has 0 radical (unpaired) electrons. The Morgan fingerprint density at radius 1 is 1.43 bits per heavy atom. The minimum atomic E-state index is -3.81. The monoisotopic (exact) mass is 350 g/mol. The lowest BCUT2D eigenvalue weighted by atomic mass is 9.85. The van der Waals surface area contributed by atoms with Gasteiger partial charge in [-0.3, -0.25) is 0 Å². The Hall–Kier alpha value is -0.590. The normalized spacial score (nSPS) is 23.0. The Bertz CT molecular complexity index is 621. The predicted molar refractivity (Wildman–Crippen MR) is 83.5 cm³/mol. The average molecular weight is 351 g/mol. The van der Waals surface area contributed by atoms with Crippen LogP contribution in [0.1, 0.15) is 54.9 Å². The molecule has 1 saturated carbocycles. The average Bonchev–Trinajstić information content (AvgIpc) is 2.81. The molecule has 1 fully saturated rings. The van der Waals surface area contributed by atoms with Gasteiger partial charge >= 0.3 is 5.97 Å². The molecule has 4 nitrogen and oxygen atoms in total. The molecule has 0 spiro atoms. The lowest BCUT2D eigenvalue weighted by Gasteiger charge is -2.30. The van der Waals surface area contributed by atoms with E-state index in [9.17, 15) is 13.2 Å². The number of halogens is 1. The zero-order valence-electron chi connectivity index (χ0n) is 12.1. The van der Waals surface area contributed by atoms with Crippen molar-refractivity contribution in [1.29, 1.82) is 0 Å². The van der Waals surface area contributed by atoms with Crippen LogP contribution in [-0.4, -0.2) is 20.5 Å². The van der Waals surface area contributed by atoms with Crippen LogP contribution in [0.5, 0.6) is 0 Å². The molecule has 2 atom stereocenters. The summed E-state index contributed by atoms with van der Waals surface area (Å²) in [6, 6.07) is 0. The van der Waals surface area contributed by atoms with Crippen molar-refractivity contribution in [3.05, 3.63) is 16.5 Å². The maximum absolute atomic E-state index is 12.3. The second-order valence-electron chi connectivity index (χ2n) is 5.40. The highest BCUT2D eigenvalue weighted by atomic mass is 35.7. The summed E-state index contributed by atoms with van der Waals surface area (Å²) in [6.07, 6.45) is 5.14. The third-order valence-electron chi connectivity index (χ3n) is 4.06. The van der Waals surface area contributed by atoms with Gasteiger partial charge in [0.15, 0.2) is 0 Å². The molecule has 1 aliphatic carbocycles. The third-order valence-corrected chi connectivity index (χ3v) is 7.36. The summed E-state index contributed by atoms with van der Waals surface area (Å²) < 4.78 is 28.4. The maximum atomic E-state index is 12.3. The van der Waals surface area contributed by atoms with Crippen LogP contribution in [0.4, 0.5) is 0 Å². The number of thiophene rings is 1. The van der Waals surface area contributed by atoms with E-state index < -0.39 is 15.0 Å². The van der Waals surface area contributed by atoms with Crippen LogP contribution in [0.15, 0.2) is 9.59 Å². The predicted octanol–water partition coefficient (Wildman–Crippen LogP) is 4.11. The molecule has 1 aliphatic rings. The van der Waals surface area contributed by atoms with Crippen molar-refractivity contribution in [3.63, 3.8) is 0 Å². The summed E-state index contributed by atoms with van der Waals surface area (Å²) in [6.45, 7) is 3.69. The molecule has 1 heterocycles. The van der Waals surface area contributed by atoms with E-state index in [1.165, 1.54) is 11.8 Å². The van der Waals surface area contributed by atoms with Crippen LogP contribution >= 0.6 is 22.0 Å². The molecular weight excluding hydrogens is 332 g/mol. The first kappa shape index (κ1) is 16.8. The summed E-state index contributed by atoms with van der Waals surface area (Å²) in [4.78, 5) is 12.3. The third kappa shape index (κ3) is 3.79. The molecule has 7 heteroatoms. The van der Waals surface area contributed by atoms with Crippen molar-refractivity contribution in [3.8, 4) is 0 Å². The van der Waals surface area contributed by atoms with E-state index in [1.54, 1.807) is 6.92 Å². The molecule has 0 aliphatic heterocycles. The zero-order chi connectivity index (χ0) is 15.6. The van der Waals surface area contributed by atoms with Crippen LogP contribution in [-0.2, 0) is 13.8 Å². The van der Waals surface area contributed by atoms with Crippen molar-refractivity contribution in [2.24, 2.45) is 5.92 Å². The minimum absolute atomic E-state index is 0.0202. The molecule has 0 N–H and O–H groups in total. The maximum Gasteiger partial charge on any atom is 0.339 e. The van der Waals surface area contributed by atoms with Gasteiger partial charge in [-0.2, -0.15) is 0 Å². The molecule has 2 rings (SSSR count). The first-order valence-corrected chi connectivity index (χ1v) is 10.3. The number of carbonyl (C=O) groups is 1. The van der Waals surface area contributed by atoms with Crippen LogP contribution in [0.25, 0.3) is 0 Å². The van der Waals surface area contributed by atoms with Crippen LogP contribution in [0.3, 0.4) is 0 Å². The molecule has 1 aromatic heterocycles. The van der Waals surface area contributed by atoms with Crippen molar-refractivity contribution in [1.82, 2.24) is 0 Å². The summed E-state index contributed by atoms with van der Waals surface area (Å²) >= 11 is 0.959. The van der Waals surface area contributed by atoms with E-state index in [2.05, 4.69) is 6.92 Å². The largest absolute Gasteiger partial charge is 0.458 e. The van der Waals surface area contributed by atoms with Gasteiger partial charge in [-0.05, 0) is 44.1 Å². The number of hydrogen-bond donors (Lipinski definition) is 0. The highest BCUT2D eigenvalue weighted by molar-refractivity contribution is 8.15. The SMILES string of the molecule is CCC1CCCCC1OC(=O)c1csc(S(=O)(=O)Cl)c1C. The van der Waals surface area contributed by atoms with E-state index in [1.807, 2.05) is 0 Å². The Balaban J connectivity index is 2.16. The van der Waals surface area contributed by atoms with E-state index in [0.717, 1.165) is 37.0 Å². The van der Waals surface area contributed by atoms with Gasteiger partial charge in [-0.1, -0.05) is 13.3 Å². The van der Waals surface area contributed by atoms with Gasteiger partial charge in [0.25, 0.3) is 9.05 Å². The highest BCUT2D eigenvalue weighted by Gasteiger charge is 2.29. The first-order chi connectivity index (χ1) is 9.84. The Morgan fingerprint density at radius 2 is 2.10 bits per heavy atom. The topological polar surface area (TPSA) is 60.4 Å². The number of rotatable bonds is 4. The van der Waals surface area contributed by atoms with Crippen molar-refractivity contribution < 1.29 is 17.9 Å². The van der Waals surface area contributed by atoms with E-state index in [4.69, 9.17) is 15.4 Å². The molecule has 0 aromatic carbocycles. The number of esters is 1. The van der Waals surface area contributed by atoms with E-state index in [0.29, 0.717) is 17.0 Å². The van der Waals surface area contributed by atoms with Gasteiger partial charge < -0.3 is 4.74 Å². The Labute approximate surface area is 133 Å². The smallest absolute Gasteiger partial charge is 0.339 e. The van der Waals surface area contributed by atoms with E-state index >= 15 is 0 Å². The van der Waals surface area contributed by atoms with Gasteiger partial charge in [0.05, 0.1) is 5.56 Å². The quantitative estimate of drug-likeness (QED) is 0.605. The summed E-state index contributed by atoms with van der Waals surface area (Å²) in [5.74, 6) is -0.0430. The molecule has 118 valence electrons. The van der Waals surface area contributed by atoms with Crippen LogP contribution in [0, 0.1) is 12.8 Å². The lowest BCUT2D eigenvalue weighted by Crippen LogP contribution is -2.29. The molecule has 0 bridgehead atoms. The first-order valence-electron chi connectivity index (χ1n) is 7.08. The van der Waals surface area contributed by atoms with Gasteiger partial charge in [0, 0.05) is 16.1 Å². The summed E-state index contributed by atoms with van der Waals surface area (Å²) in [5, 5.41) is 1.51. The Morgan fingerprint density at radius 3 is 2.67 bits per heavy atom. The molecule has 1 aromatic rings. The van der Waals surface area contributed by atoms with E-state index in [-0.39, 0.29) is 10.3 Å². The lowest BCUT2D eigenvalue weighted by molar-refractivity contribution is 0.000679. The fraction of sp³-hybridized carbons (Fsp3) is 0.643. The Kier molecular flexibility index (Phi) is 5.33. The van der Waals surface area contributed by atoms with Gasteiger partial charge in [-0.25, -0.2) is 13.2 Å².